The number of rotatable bonds is 4. The third kappa shape index (κ3) is 4.59. The Bertz CT molecular complexity index is 771. The van der Waals surface area contributed by atoms with Crippen LogP contribution in [0.15, 0.2) is 42.6 Å². The van der Waals surface area contributed by atoms with Gasteiger partial charge < -0.3 is 15.5 Å². The van der Waals surface area contributed by atoms with Crippen molar-refractivity contribution in [1.82, 2.24) is 4.98 Å². The molecule has 1 aromatic heterocycles. The van der Waals surface area contributed by atoms with Crippen molar-refractivity contribution in [2.45, 2.75) is 26.7 Å². The fraction of sp³-hybridized carbons (Fsp3) is 0.350. The summed E-state index contributed by atoms with van der Waals surface area (Å²) in [4.78, 5) is 30.1. The molecule has 1 atom stereocenters. The normalized spacial score (nSPS) is 16.8. The molecule has 26 heavy (non-hydrogen) atoms. The Labute approximate surface area is 153 Å². The zero-order valence-corrected chi connectivity index (χ0v) is 15.2. The second kappa shape index (κ2) is 7.99. The fourth-order valence-electron chi connectivity index (χ4n) is 3.15. The van der Waals surface area contributed by atoms with Gasteiger partial charge in [0, 0.05) is 37.6 Å². The topological polar surface area (TPSA) is 74.3 Å². The van der Waals surface area contributed by atoms with Crippen LogP contribution in [0, 0.1) is 5.92 Å². The lowest BCUT2D eigenvalue weighted by molar-refractivity contribution is -0.114. The van der Waals surface area contributed by atoms with Crippen LogP contribution >= 0.6 is 0 Å². The standard InChI is InChI=1S/C20H24N4O2/c1-14-4-3-11-24(13-14)19-10-5-16(12-21-19)20(26)23-18-8-6-17(7-9-18)22-15(2)25/h5-10,12,14H,3-4,11,13H2,1-2H3,(H,22,25)(H,23,26). The molecule has 1 unspecified atom stereocenters. The monoisotopic (exact) mass is 352 g/mol. The third-order valence-electron chi connectivity index (χ3n) is 4.45. The third-order valence-corrected chi connectivity index (χ3v) is 4.45. The largest absolute Gasteiger partial charge is 0.356 e. The molecule has 2 N–H and O–H groups in total. The molecule has 1 aliphatic rings. The summed E-state index contributed by atoms with van der Waals surface area (Å²) in [6, 6.07) is 10.7. The molecule has 136 valence electrons. The number of benzene rings is 1. The molecule has 1 saturated heterocycles. The zero-order chi connectivity index (χ0) is 18.5. The van der Waals surface area contributed by atoms with Crippen LogP contribution < -0.4 is 15.5 Å². The lowest BCUT2D eigenvalue weighted by Gasteiger charge is -2.31. The predicted molar refractivity (Wildman–Crippen MR) is 104 cm³/mol. The molecule has 6 nitrogen and oxygen atoms in total. The van der Waals surface area contributed by atoms with Gasteiger partial charge >= 0.3 is 0 Å². The lowest BCUT2D eigenvalue weighted by Crippen LogP contribution is -2.34. The SMILES string of the molecule is CC(=O)Nc1ccc(NC(=O)c2ccc(N3CCCC(C)C3)nc2)cc1. The van der Waals surface area contributed by atoms with E-state index in [0.29, 0.717) is 22.9 Å². The van der Waals surface area contributed by atoms with Crippen LogP contribution in [0.3, 0.4) is 0 Å². The van der Waals surface area contributed by atoms with Gasteiger partial charge in [0.2, 0.25) is 5.91 Å². The van der Waals surface area contributed by atoms with Crippen molar-refractivity contribution in [3.63, 3.8) is 0 Å². The molecule has 0 bridgehead atoms. The first-order chi connectivity index (χ1) is 12.5. The molecule has 2 heterocycles. The molecule has 2 aromatic rings. The maximum absolute atomic E-state index is 12.4. The maximum Gasteiger partial charge on any atom is 0.257 e. The Morgan fingerprint density at radius 3 is 2.35 bits per heavy atom. The predicted octanol–water partition coefficient (Wildman–Crippen LogP) is 3.53. The summed E-state index contributed by atoms with van der Waals surface area (Å²) in [6.07, 6.45) is 4.06. The second-order valence-electron chi connectivity index (χ2n) is 6.81. The van der Waals surface area contributed by atoms with E-state index in [0.717, 1.165) is 18.9 Å². The summed E-state index contributed by atoms with van der Waals surface area (Å²) < 4.78 is 0. The van der Waals surface area contributed by atoms with Crippen LogP contribution in [0.5, 0.6) is 0 Å². The molecule has 3 rings (SSSR count). The van der Waals surface area contributed by atoms with E-state index < -0.39 is 0 Å². The van der Waals surface area contributed by atoms with Gasteiger partial charge in [0.05, 0.1) is 5.56 Å². The van der Waals surface area contributed by atoms with Gasteiger partial charge in [-0.3, -0.25) is 9.59 Å². The van der Waals surface area contributed by atoms with Crippen LogP contribution in [-0.2, 0) is 4.79 Å². The molecular formula is C20H24N4O2. The van der Waals surface area contributed by atoms with Crippen LogP contribution in [0.25, 0.3) is 0 Å². The van der Waals surface area contributed by atoms with E-state index in [2.05, 4.69) is 27.4 Å². The first kappa shape index (κ1) is 17.9. The average molecular weight is 352 g/mol. The van der Waals surface area contributed by atoms with Crippen molar-refractivity contribution < 1.29 is 9.59 Å². The van der Waals surface area contributed by atoms with Crippen LogP contribution in [0.2, 0.25) is 0 Å². The number of piperidine rings is 1. The number of amides is 2. The lowest BCUT2D eigenvalue weighted by atomic mass is 10.0. The number of hydrogen-bond acceptors (Lipinski definition) is 4. The molecule has 0 saturated carbocycles. The second-order valence-corrected chi connectivity index (χ2v) is 6.81. The highest BCUT2D eigenvalue weighted by Gasteiger charge is 2.17. The van der Waals surface area contributed by atoms with Gasteiger partial charge in [-0.25, -0.2) is 4.98 Å². The molecule has 1 fully saturated rings. The minimum absolute atomic E-state index is 0.129. The molecule has 6 heteroatoms. The van der Waals surface area contributed by atoms with E-state index in [9.17, 15) is 9.59 Å². The first-order valence-electron chi connectivity index (χ1n) is 8.91. The zero-order valence-electron chi connectivity index (χ0n) is 15.2. The number of pyridine rings is 1. The Morgan fingerprint density at radius 2 is 1.77 bits per heavy atom. The van der Waals surface area contributed by atoms with Crippen molar-refractivity contribution in [2.24, 2.45) is 5.92 Å². The minimum atomic E-state index is -0.205. The number of carbonyl (C=O) groups excluding carboxylic acids is 2. The summed E-state index contributed by atoms with van der Waals surface area (Å²) in [5, 5.41) is 5.53. The highest BCUT2D eigenvalue weighted by Crippen LogP contribution is 2.21. The van der Waals surface area contributed by atoms with Gasteiger partial charge in [0.1, 0.15) is 5.82 Å². The highest BCUT2D eigenvalue weighted by atomic mass is 16.2. The number of nitrogens with zero attached hydrogens (tertiary/aromatic N) is 2. The minimum Gasteiger partial charge on any atom is -0.356 e. The van der Waals surface area contributed by atoms with Gasteiger partial charge in [0.15, 0.2) is 0 Å². The van der Waals surface area contributed by atoms with Gasteiger partial charge in [-0.15, -0.1) is 0 Å². The van der Waals surface area contributed by atoms with Crippen LogP contribution in [-0.4, -0.2) is 29.9 Å². The van der Waals surface area contributed by atoms with Crippen LogP contribution in [0.4, 0.5) is 17.2 Å². The van der Waals surface area contributed by atoms with E-state index in [4.69, 9.17) is 0 Å². The fourth-order valence-corrected chi connectivity index (χ4v) is 3.15. The number of hydrogen-bond donors (Lipinski definition) is 2. The summed E-state index contributed by atoms with van der Waals surface area (Å²) in [6.45, 7) is 5.74. The molecule has 1 aliphatic heterocycles. The average Bonchev–Trinajstić information content (AvgIpc) is 2.63. The van der Waals surface area contributed by atoms with Gasteiger partial charge in [-0.05, 0) is 55.2 Å². The van der Waals surface area contributed by atoms with Crippen molar-refractivity contribution in [3.8, 4) is 0 Å². The number of anilines is 3. The Morgan fingerprint density at radius 1 is 1.08 bits per heavy atom. The molecule has 0 aliphatic carbocycles. The first-order valence-corrected chi connectivity index (χ1v) is 8.91. The van der Waals surface area contributed by atoms with Gasteiger partial charge in [-0.2, -0.15) is 0 Å². The van der Waals surface area contributed by atoms with E-state index in [1.54, 1.807) is 30.5 Å². The summed E-state index contributed by atoms with van der Waals surface area (Å²) in [7, 11) is 0. The molecule has 2 amide bonds. The van der Waals surface area contributed by atoms with E-state index in [1.807, 2.05) is 12.1 Å². The smallest absolute Gasteiger partial charge is 0.257 e. The Hall–Kier alpha value is -2.89. The van der Waals surface area contributed by atoms with Crippen molar-refractivity contribution >= 4 is 29.0 Å². The maximum atomic E-state index is 12.4. The van der Waals surface area contributed by atoms with Crippen molar-refractivity contribution in [2.75, 3.05) is 28.6 Å². The highest BCUT2D eigenvalue weighted by molar-refractivity contribution is 6.04. The molecule has 0 spiro atoms. The molecule has 0 radical (unpaired) electrons. The van der Waals surface area contributed by atoms with E-state index >= 15 is 0 Å². The van der Waals surface area contributed by atoms with Crippen molar-refractivity contribution in [1.29, 1.82) is 0 Å². The molecule has 1 aromatic carbocycles. The summed E-state index contributed by atoms with van der Waals surface area (Å²) in [5.74, 6) is 1.26. The molecular weight excluding hydrogens is 328 g/mol. The van der Waals surface area contributed by atoms with Crippen LogP contribution in [0.1, 0.15) is 37.0 Å². The van der Waals surface area contributed by atoms with Crippen molar-refractivity contribution in [3.05, 3.63) is 48.2 Å². The summed E-state index contributed by atoms with van der Waals surface area (Å²) >= 11 is 0. The number of carbonyl (C=O) groups is 2. The number of nitrogens with one attached hydrogen (secondary N) is 2. The number of aromatic nitrogens is 1. The summed E-state index contributed by atoms with van der Waals surface area (Å²) in [5.41, 5.74) is 1.88. The quantitative estimate of drug-likeness (QED) is 0.883. The Kier molecular flexibility index (Phi) is 5.51. The van der Waals surface area contributed by atoms with E-state index in [1.165, 1.54) is 19.8 Å². The Balaban J connectivity index is 1.62. The van der Waals surface area contributed by atoms with Gasteiger partial charge in [-0.1, -0.05) is 6.92 Å². The van der Waals surface area contributed by atoms with E-state index in [-0.39, 0.29) is 11.8 Å². The van der Waals surface area contributed by atoms with Gasteiger partial charge in [0.25, 0.3) is 5.91 Å².